The number of halogens is 1. The molecular formula is C17H13ClN4. The lowest BCUT2D eigenvalue weighted by Crippen LogP contribution is -3.00. The number of nitrogens with one attached hydrogen (secondary N) is 1. The molecule has 0 aliphatic heterocycles. The van der Waals surface area contributed by atoms with Crippen LogP contribution in [0.15, 0.2) is 65.9 Å². The first-order valence-electron chi connectivity index (χ1n) is 6.59. The number of aromatic amines is 1. The van der Waals surface area contributed by atoms with Crippen molar-refractivity contribution in [3.05, 3.63) is 82.4 Å². The molecule has 0 unspecified atom stereocenters. The molecule has 5 heteroatoms. The third-order valence-electron chi connectivity index (χ3n) is 3.25. The molecule has 0 bridgehead atoms. The number of benzene rings is 2. The van der Waals surface area contributed by atoms with E-state index in [9.17, 15) is 0 Å². The molecule has 0 saturated heterocycles. The molecule has 1 heterocycles. The second kappa shape index (κ2) is 7.27. The van der Waals surface area contributed by atoms with E-state index in [0.29, 0.717) is 5.69 Å². The van der Waals surface area contributed by atoms with Crippen molar-refractivity contribution in [1.82, 2.24) is 0 Å². The summed E-state index contributed by atoms with van der Waals surface area (Å²) in [5.74, 6) is 0. The van der Waals surface area contributed by atoms with Gasteiger partial charge in [-0.15, -0.1) is 0 Å². The molecule has 3 rings (SSSR count). The predicted octanol–water partition coefficient (Wildman–Crippen LogP) is 1.77. The second-order valence-electron chi connectivity index (χ2n) is 4.59. The molecule has 0 radical (unpaired) electrons. The summed E-state index contributed by atoms with van der Waals surface area (Å²) in [6, 6.07) is 17.7. The zero-order valence-corrected chi connectivity index (χ0v) is 12.4. The van der Waals surface area contributed by atoms with Crippen LogP contribution in [0.5, 0.6) is 0 Å². The molecule has 108 valence electrons. The fourth-order valence-electron chi connectivity index (χ4n) is 2.21. The van der Waals surface area contributed by atoms with Crippen molar-refractivity contribution in [1.29, 1.82) is 0 Å². The van der Waals surface area contributed by atoms with Crippen molar-refractivity contribution in [2.45, 2.75) is 0 Å². The Balaban J connectivity index is 0.00000176. The molecule has 1 aromatic heterocycles. The van der Waals surface area contributed by atoms with Gasteiger partial charge in [0.25, 0.3) is 0 Å². The fraction of sp³-hybridized carbons (Fsp3) is 0. The maximum Gasteiger partial charge on any atom is 0.211 e. The first-order valence-corrected chi connectivity index (χ1v) is 6.59. The Morgan fingerprint density at radius 2 is 1.73 bits per heavy atom. The van der Waals surface area contributed by atoms with Gasteiger partial charge in [-0.25, -0.2) is 4.98 Å². The molecule has 3 aromatic rings. The van der Waals surface area contributed by atoms with Crippen LogP contribution in [-0.4, -0.2) is 0 Å². The van der Waals surface area contributed by atoms with Crippen LogP contribution >= 0.6 is 0 Å². The summed E-state index contributed by atoms with van der Waals surface area (Å²) in [6.45, 7) is 0. The largest absolute Gasteiger partial charge is 1.00 e. The lowest BCUT2D eigenvalue weighted by atomic mass is 10.1. The van der Waals surface area contributed by atoms with Gasteiger partial charge in [-0.3, -0.25) is 0 Å². The van der Waals surface area contributed by atoms with E-state index in [1.807, 2.05) is 42.6 Å². The second-order valence-corrected chi connectivity index (χ2v) is 4.59. The van der Waals surface area contributed by atoms with Gasteiger partial charge >= 0.3 is 0 Å². The SMILES string of the molecule is [Cl-].[N-]=[N+]=Nc1ccc(C=Cc2cc[nH+]c3ccccc23)cc1. The molecule has 0 fully saturated rings. The van der Waals surface area contributed by atoms with Crippen molar-refractivity contribution < 1.29 is 17.4 Å². The highest BCUT2D eigenvalue weighted by Crippen LogP contribution is 2.18. The summed E-state index contributed by atoms with van der Waals surface area (Å²) in [5, 5.41) is 4.74. The summed E-state index contributed by atoms with van der Waals surface area (Å²) in [7, 11) is 0. The lowest BCUT2D eigenvalue weighted by Gasteiger charge is -1.98. The molecule has 0 saturated carbocycles. The number of para-hydroxylation sites is 1. The number of H-pyrrole nitrogens is 1. The minimum Gasteiger partial charge on any atom is -1.00 e. The van der Waals surface area contributed by atoms with Gasteiger partial charge in [0.2, 0.25) is 5.52 Å². The highest BCUT2D eigenvalue weighted by molar-refractivity contribution is 5.88. The number of azide groups is 1. The number of pyridine rings is 1. The maximum atomic E-state index is 8.38. The predicted molar refractivity (Wildman–Crippen MR) is 84.7 cm³/mol. The van der Waals surface area contributed by atoms with Crippen molar-refractivity contribution in [2.24, 2.45) is 5.11 Å². The van der Waals surface area contributed by atoms with Gasteiger partial charge in [-0.2, -0.15) is 0 Å². The molecule has 22 heavy (non-hydrogen) atoms. The highest BCUT2D eigenvalue weighted by atomic mass is 35.5. The average Bonchev–Trinajstić information content (AvgIpc) is 2.54. The van der Waals surface area contributed by atoms with Gasteiger partial charge in [-0.05, 0) is 22.7 Å². The standard InChI is InChI=1S/C17H12N4.ClH/c18-21-20-15-9-6-13(7-10-15)5-8-14-11-12-19-17-4-2-1-3-16(14)17;/h1-12H;1H. The van der Waals surface area contributed by atoms with Crippen molar-refractivity contribution in [3.8, 4) is 0 Å². The number of fused-ring (bicyclic) bond motifs is 1. The summed E-state index contributed by atoms with van der Waals surface area (Å²) in [4.78, 5) is 6.00. The van der Waals surface area contributed by atoms with E-state index in [1.54, 1.807) is 12.1 Å². The monoisotopic (exact) mass is 308 g/mol. The summed E-state index contributed by atoms with van der Waals surface area (Å²) in [6.07, 6.45) is 6.06. The van der Waals surface area contributed by atoms with E-state index in [0.717, 1.165) is 16.6 Å². The van der Waals surface area contributed by atoms with Gasteiger partial charge in [-0.1, -0.05) is 53.7 Å². The minimum absolute atomic E-state index is 0. The maximum absolute atomic E-state index is 8.38. The lowest BCUT2D eigenvalue weighted by molar-refractivity contribution is -0.344. The van der Waals surface area contributed by atoms with Crippen LogP contribution in [0.1, 0.15) is 11.1 Å². The van der Waals surface area contributed by atoms with Crippen LogP contribution in [0.25, 0.3) is 33.5 Å². The van der Waals surface area contributed by atoms with Crippen molar-refractivity contribution in [3.63, 3.8) is 0 Å². The van der Waals surface area contributed by atoms with Crippen LogP contribution in [0.4, 0.5) is 5.69 Å². The van der Waals surface area contributed by atoms with Gasteiger partial charge in [0.05, 0.1) is 5.39 Å². The van der Waals surface area contributed by atoms with Gasteiger partial charge in [0, 0.05) is 22.7 Å². The van der Waals surface area contributed by atoms with E-state index in [1.165, 1.54) is 5.39 Å². The summed E-state index contributed by atoms with van der Waals surface area (Å²) < 4.78 is 0. The Hall–Kier alpha value is -2.81. The summed E-state index contributed by atoms with van der Waals surface area (Å²) >= 11 is 0. The van der Waals surface area contributed by atoms with E-state index >= 15 is 0 Å². The van der Waals surface area contributed by atoms with E-state index in [-0.39, 0.29) is 12.4 Å². The molecule has 2 aromatic carbocycles. The third-order valence-corrected chi connectivity index (χ3v) is 3.25. The average molecular weight is 309 g/mol. The topological polar surface area (TPSA) is 62.9 Å². The van der Waals surface area contributed by atoms with Gasteiger partial charge in [0.15, 0.2) is 6.20 Å². The number of nitrogens with zero attached hydrogens (tertiary/aromatic N) is 3. The van der Waals surface area contributed by atoms with Crippen LogP contribution < -0.4 is 17.4 Å². The Bertz CT molecular complexity index is 845. The van der Waals surface area contributed by atoms with E-state index < -0.39 is 0 Å². The zero-order valence-electron chi connectivity index (χ0n) is 11.6. The Kier molecular flexibility index (Phi) is 5.15. The molecule has 1 N–H and O–H groups in total. The first kappa shape index (κ1) is 15.6. The third kappa shape index (κ3) is 3.44. The van der Waals surface area contributed by atoms with E-state index in [2.05, 4.69) is 33.2 Å². The number of hydrogen-bond donors (Lipinski definition) is 0. The molecule has 0 amide bonds. The molecule has 0 atom stereocenters. The molecule has 0 spiro atoms. The molecule has 4 nitrogen and oxygen atoms in total. The van der Waals surface area contributed by atoms with Crippen LogP contribution in [0.3, 0.4) is 0 Å². The van der Waals surface area contributed by atoms with E-state index in [4.69, 9.17) is 5.53 Å². The van der Waals surface area contributed by atoms with Crippen LogP contribution in [0.2, 0.25) is 0 Å². The first-order chi connectivity index (χ1) is 10.4. The Labute approximate surface area is 134 Å². The quantitative estimate of drug-likeness (QED) is 0.402. The minimum atomic E-state index is 0. The number of rotatable bonds is 3. The van der Waals surface area contributed by atoms with Gasteiger partial charge in [0.1, 0.15) is 0 Å². The zero-order chi connectivity index (χ0) is 14.5. The number of hydrogen-bond acceptors (Lipinski definition) is 1. The fourth-order valence-corrected chi connectivity index (χ4v) is 2.21. The normalized spacial score (nSPS) is 10.2. The molecular weight excluding hydrogens is 296 g/mol. The highest BCUT2D eigenvalue weighted by Gasteiger charge is 2.02. The van der Waals surface area contributed by atoms with Crippen molar-refractivity contribution in [2.75, 3.05) is 0 Å². The Morgan fingerprint density at radius 3 is 2.50 bits per heavy atom. The smallest absolute Gasteiger partial charge is 0.211 e. The summed E-state index contributed by atoms with van der Waals surface area (Å²) in [5.41, 5.74) is 12.3. The van der Waals surface area contributed by atoms with Crippen molar-refractivity contribution >= 4 is 28.7 Å². The Morgan fingerprint density at radius 1 is 0.955 bits per heavy atom. The van der Waals surface area contributed by atoms with Crippen LogP contribution in [-0.2, 0) is 0 Å². The molecule has 0 aliphatic rings. The molecule has 0 aliphatic carbocycles. The number of aromatic nitrogens is 1. The van der Waals surface area contributed by atoms with Crippen LogP contribution in [0, 0.1) is 0 Å². The van der Waals surface area contributed by atoms with Gasteiger partial charge < -0.3 is 12.4 Å².